The summed E-state index contributed by atoms with van der Waals surface area (Å²) in [6, 6.07) is 14.6. The van der Waals surface area contributed by atoms with Gasteiger partial charge in [-0.1, -0.05) is 66.2 Å². The predicted molar refractivity (Wildman–Crippen MR) is 180 cm³/mol. The summed E-state index contributed by atoms with van der Waals surface area (Å²) in [6.07, 6.45) is 8.96. The number of carbonyl (C=O) groups excluding carboxylic acids is 2. The summed E-state index contributed by atoms with van der Waals surface area (Å²) in [6.45, 7) is 8.37. The van der Waals surface area contributed by atoms with Crippen LogP contribution in [0, 0.1) is 45.3 Å². The molecule has 2 unspecified atom stereocenters. The molecule has 0 aliphatic carbocycles. The normalized spacial score (nSPS) is 17.7. The highest BCUT2D eigenvalue weighted by Crippen LogP contribution is 2.46. The molecule has 0 bridgehead atoms. The van der Waals surface area contributed by atoms with Crippen LogP contribution in [0.15, 0.2) is 35.4 Å². The summed E-state index contributed by atoms with van der Waals surface area (Å²) in [7, 11) is 0. The lowest BCUT2D eigenvalue weighted by atomic mass is 10.0. The molecule has 0 saturated heterocycles. The highest BCUT2D eigenvalue weighted by atomic mass is 32.1. The van der Waals surface area contributed by atoms with E-state index in [1.54, 1.807) is 34.1 Å². The highest BCUT2D eigenvalue weighted by molar-refractivity contribution is 7.08. The highest BCUT2D eigenvalue weighted by Gasteiger charge is 2.51. The standard InChI is InChI=1S/C36H38N6O2S2/c1-5-9-11-13-25(7-3)41-33(29-17-15-27(45-29)23(19-37)20-38)31-32(35(41)43)34(30-18-16-28(46-30)24(21-39)22-40)42(36(31)44)26(8-4)14-12-10-6-2/h15-18,25-26H,5-14H2,1-4H3/b33-29+,34-30+. The molecule has 4 heterocycles. The van der Waals surface area contributed by atoms with E-state index in [1.807, 2.05) is 38.1 Å². The molecule has 2 aliphatic heterocycles. The predicted octanol–water partition coefficient (Wildman–Crippen LogP) is 4.82. The van der Waals surface area contributed by atoms with Gasteiger partial charge >= 0.3 is 0 Å². The number of hydrogen-bond donors (Lipinski definition) is 0. The average Bonchev–Trinajstić information content (AvgIpc) is 3.85. The Morgan fingerprint density at radius 1 is 0.630 bits per heavy atom. The third-order valence-corrected chi connectivity index (χ3v) is 10.9. The molecule has 0 aromatic carbocycles. The molecule has 2 amide bonds. The van der Waals surface area contributed by atoms with E-state index >= 15 is 0 Å². The lowest BCUT2D eigenvalue weighted by Crippen LogP contribution is -2.44. The quantitative estimate of drug-likeness (QED) is 0.302. The van der Waals surface area contributed by atoms with Crippen LogP contribution < -0.4 is 18.1 Å². The fourth-order valence-corrected chi connectivity index (χ4v) is 8.28. The van der Waals surface area contributed by atoms with Gasteiger partial charge in [0.15, 0.2) is 0 Å². The van der Waals surface area contributed by atoms with Gasteiger partial charge < -0.3 is 9.80 Å². The number of thiophene rings is 2. The summed E-state index contributed by atoms with van der Waals surface area (Å²) >= 11 is 2.49. The van der Waals surface area contributed by atoms with Crippen molar-refractivity contribution < 1.29 is 9.59 Å². The second-order valence-corrected chi connectivity index (χ2v) is 13.6. The van der Waals surface area contributed by atoms with Crippen LogP contribution in [0.4, 0.5) is 0 Å². The van der Waals surface area contributed by atoms with Gasteiger partial charge in [0.2, 0.25) is 0 Å². The molecule has 10 heteroatoms. The molecule has 0 fully saturated rings. The van der Waals surface area contributed by atoms with Crippen molar-refractivity contribution >= 4 is 57.0 Å². The van der Waals surface area contributed by atoms with Gasteiger partial charge in [-0.15, -0.1) is 22.7 Å². The van der Waals surface area contributed by atoms with E-state index < -0.39 is 0 Å². The van der Waals surface area contributed by atoms with Crippen molar-refractivity contribution in [1.82, 2.24) is 9.80 Å². The van der Waals surface area contributed by atoms with E-state index in [9.17, 15) is 30.6 Å². The molecular weight excluding hydrogens is 613 g/mol. The number of unbranched alkanes of at least 4 members (excludes halogenated alkanes) is 4. The van der Waals surface area contributed by atoms with Crippen molar-refractivity contribution in [2.24, 2.45) is 0 Å². The zero-order valence-electron chi connectivity index (χ0n) is 26.9. The van der Waals surface area contributed by atoms with Gasteiger partial charge in [0.05, 0.1) is 40.7 Å². The van der Waals surface area contributed by atoms with Crippen LogP contribution in [-0.4, -0.2) is 33.7 Å². The van der Waals surface area contributed by atoms with Crippen LogP contribution in [0.1, 0.15) is 91.9 Å². The Labute approximate surface area is 278 Å². The Hall–Kier alpha value is -4.48. The minimum atomic E-state index is -0.234. The van der Waals surface area contributed by atoms with Crippen molar-refractivity contribution in [1.29, 1.82) is 21.0 Å². The molecule has 0 saturated carbocycles. The van der Waals surface area contributed by atoms with E-state index in [2.05, 4.69) is 13.8 Å². The first-order chi connectivity index (χ1) is 22.3. The van der Waals surface area contributed by atoms with Crippen molar-refractivity contribution in [2.75, 3.05) is 0 Å². The number of nitrogens with zero attached hydrogens (tertiary/aromatic N) is 6. The van der Waals surface area contributed by atoms with E-state index in [0.717, 1.165) is 51.4 Å². The molecule has 4 rings (SSSR count). The van der Waals surface area contributed by atoms with E-state index in [0.29, 0.717) is 53.5 Å². The molecule has 0 radical (unpaired) electrons. The zero-order chi connectivity index (χ0) is 33.4. The van der Waals surface area contributed by atoms with E-state index in [-0.39, 0.29) is 35.0 Å². The molecule has 8 nitrogen and oxygen atoms in total. The van der Waals surface area contributed by atoms with Gasteiger partial charge in [-0.2, -0.15) is 21.0 Å². The number of amides is 2. The maximum Gasteiger partial charge on any atom is 0.261 e. The first-order valence-electron chi connectivity index (χ1n) is 16.1. The van der Waals surface area contributed by atoms with Crippen molar-refractivity contribution in [3.63, 3.8) is 0 Å². The first kappa shape index (κ1) is 34.4. The second-order valence-electron chi connectivity index (χ2n) is 11.4. The summed E-state index contributed by atoms with van der Waals surface area (Å²) in [5, 5.41) is 38.2. The van der Waals surface area contributed by atoms with Gasteiger partial charge in [0.1, 0.15) is 35.4 Å². The van der Waals surface area contributed by atoms with Crippen molar-refractivity contribution in [3.05, 3.63) is 53.5 Å². The van der Waals surface area contributed by atoms with Gasteiger partial charge in [-0.3, -0.25) is 9.59 Å². The topological polar surface area (TPSA) is 136 Å². The lowest BCUT2D eigenvalue weighted by molar-refractivity contribution is -0.125. The SMILES string of the molecule is CCCCCC(CC)N1C(=O)C2=C(C(=O)N(C(CC)CCCCC)/C2=c2\ccc(=C(C#N)C#N)s2)/C1=c1/ccc(=C(C#N)C#N)s1. The number of rotatable bonds is 12. The maximum atomic E-state index is 14.8. The van der Waals surface area contributed by atoms with Crippen LogP contribution >= 0.6 is 22.7 Å². The van der Waals surface area contributed by atoms with Gasteiger partial charge in [0.25, 0.3) is 11.8 Å². The van der Waals surface area contributed by atoms with E-state index in [4.69, 9.17) is 0 Å². The van der Waals surface area contributed by atoms with Crippen LogP contribution in [-0.2, 0) is 9.59 Å². The van der Waals surface area contributed by atoms with Crippen molar-refractivity contribution in [3.8, 4) is 24.3 Å². The second kappa shape index (κ2) is 15.7. The molecule has 236 valence electrons. The average molecular weight is 651 g/mol. The zero-order valence-corrected chi connectivity index (χ0v) is 28.5. The lowest BCUT2D eigenvalue weighted by Gasteiger charge is -2.34. The molecule has 0 N–H and O–H groups in total. The largest absolute Gasteiger partial charge is 0.303 e. The number of nitriles is 4. The maximum absolute atomic E-state index is 14.8. The Morgan fingerprint density at radius 3 is 1.30 bits per heavy atom. The third-order valence-electron chi connectivity index (χ3n) is 8.64. The fraction of sp³-hybridized carbons (Fsp3) is 0.444. The molecular formula is C36H38N6O2S2. The molecule has 46 heavy (non-hydrogen) atoms. The van der Waals surface area contributed by atoms with Gasteiger partial charge in [-0.25, -0.2) is 0 Å². The van der Waals surface area contributed by atoms with Crippen LogP contribution in [0.25, 0.3) is 22.5 Å². The minimum Gasteiger partial charge on any atom is -0.303 e. The summed E-state index contributed by atoms with van der Waals surface area (Å²) < 4.78 is 2.31. The summed E-state index contributed by atoms with van der Waals surface area (Å²) in [5.74, 6) is -0.468. The molecule has 2 atom stereocenters. The molecule has 2 aromatic heterocycles. The smallest absolute Gasteiger partial charge is 0.261 e. The Balaban J connectivity index is 2.10. The van der Waals surface area contributed by atoms with Crippen LogP contribution in [0.5, 0.6) is 0 Å². The first-order valence-corrected chi connectivity index (χ1v) is 17.7. The summed E-state index contributed by atoms with van der Waals surface area (Å²) in [5.41, 5.74) is 1.76. The third kappa shape index (κ3) is 6.43. The summed E-state index contributed by atoms with van der Waals surface area (Å²) in [4.78, 5) is 33.2. The molecule has 2 aromatic rings. The van der Waals surface area contributed by atoms with Crippen molar-refractivity contribution in [2.45, 2.75) is 104 Å². The Bertz CT molecular complexity index is 1800. The Morgan fingerprint density at radius 2 is 1.00 bits per heavy atom. The number of hydrogen-bond acceptors (Lipinski definition) is 8. The van der Waals surface area contributed by atoms with E-state index in [1.165, 1.54) is 22.7 Å². The van der Waals surface area contributed by atoms with Gasteiger partial charge in [0, 0.05) is 12.1 Å². The number of carbonyl (C=O) groups is 2. The van der Waals surface area contributed by atoms with Gasteiger partial charge in [-0.05, 0) is 49.9 Å². The monoisotopic (exact) mass is 650 g/mol. The minimum absolute atomic E-state index is 0.0151. The Kier molecular flexibility index (Phi) is 11.7. The fourth-order valence-electron chi connectivity index (χ4n) is 6.28. The van der Waals surface area contributed by atoms with Crippen LogP contribution in [0.2, 0.25) is 0 Å². The molecule has 0 spiro atoms. The van der Waals surface area contributed by atoms with Crippen LogP contribution in [0.3, 0.4) is 0 Å². The molecule has 2 aliphatic rings.